The average molecular weight is 221 g/mol. The van der Waals surface area contributed by atoms with Gasteiger partial charge in [-0.15, -0.1) is 0 Å². The molecular weight excluding hydrogens is 204 g/mol. The Labute approximate surface area is 96.6 Å². The lowest BCUT2D eigenvalue weighted by atomic mass is 10.1. The van der Waals surface area contributed by atoms with Gasteiger partial charge in [-0.25, -0.2) is 4.79 Å². The van der Waals surface area contributed by atoms with Gasteiger partial charge < -0.3 is 9.64 Å². The number of aromatic nitrogens is 1. The molecule has 0 aliphatic carbocycles. The number of carbonyl (C=O) groups excluding carboxylic acids is 1. The first-order valence-electron chi connectivity index (χ1n) is 6.08. The van der Waals surface area contributed by atoms with Crippen molar-refractivity contribution >= 4 is 6.09 Å². The van der Waals surface area contributed by atoms with Crippen molar-refractivity contribution < 1.29 is 10.9 Å². The molecule has 16 heavy (non-hydrogen) atoms. The highest BCUT2D eigenvalue weighted by Gasteiger charge is 2.30. The van der Waals surface area contributed by atoms with Crippen LogP contribution in [0.4, 0.5) is 4.79 Å². The Morgan fingerprint density at radius 3 is 3.38 bits per heavy atom. The van der Waals surface area contributed by atoms with Crippen LogP contribution < -0.4 is 0 Å². The highest BCUT2D eigenvalue weighted by Crippen LogP contribution is 2.31. The van der Waals surface area contributed by atoms with E-state index in [0.717, 1.165) is 24.9 Å². The van der Waals surface area contributed by atoms with Crippen LogP contribution in [0, 0.1) is 0 Å². The molecule has 0 spiro atoms. The molecule has 1 atom stereocenters. The normalized spacial score (nSPS) is 20.7. The molecule has 1 aromatic rings. The van der Waals surface area contributed by atoms with E-state index in [1.54, 1.807) is 24.1 Å². The summed E-state index contributed by atoms with van der Waals surface area (Å²) in [6.45, 7) is 2.93. The zero-order chi connectivity index (χ0) is 12.3. The average Bonchev–Trinajstić information content (AvgIpc) is 2.79. The molecule has 1 unspecified atom stereocenters. The van der Waals surface area contributed by atoms with Gasteiger partial charge in [0.2, 0.25) is 0 Å². The van der Waals surface area contributed by atoms with Crippen LogP contribution in [-0.2, 0) is 4.74 Å². The summed E-state index contributed by atoms with van der Waals surface area (Å²) in [5, 5.41) is 0. The smallest absolute Gasteiger partial charge is 0.410 e. The first-order chi connectivity index (χ1) is 8.22. The Kier molecular flexibility index (Phi) is 2.99. The van der Waals surface area contributed by atoms with Crippen molar-refractivity contribution in [3.05, 3.63) is 30.1 Å². The number of hydrogen-bond donors (Lipinski definition) is 0. The van der Waals surface area contributed by atoms with E-state index in [0.29, 0.717) is 6.61 Å². The standard InChI is InChI=1S/C12H16N2O2/c1-2-16-12(15)14-8-4-6-11(14)10-5-3-7-13-9-10/h3,5,7,9,11H,2,4,6,8H2,1H3/i7D. The monoisotopic (exact) mass is 221 g/mol. The molecule has 1 aromatic heterocycles. The molecule has 4 nitrogen and oxygen atoms in total. The Bertz CT molecular complexity index is 394. The summed E-state index contributed by atoms with van der Waals surface area (Å²) in [6.07, 6.45) is 3.56. The second-order valence-corrected chi connectivity index (χ2v) is 3.77. The lowest BCUT2D eigenvalue weighted by molar-refractivity contribution is 0.103. The maximum atomic E-state index is 11.7. The van der Waals surface area contributed by atoms with Gasteiger partial charge in [0.25, 0.3) is 0 Å². The SMILES string of the molecule is [2H]c1ccc(C2CCCN2C(=O)OCC)cn1. The van der Waals surface area contributed by atoms with E-state index in [9.17, 15) is 4.79 Å². The summed E-state index contributed by atoms with van der Waals surface area (Å²) in [7, 11) is 0. The van der Waals surface area contributed by atoms with Gasteiger partial charge in [-0.1, -0.05) is 6.07 Å². The number of ether oxygens (including phenoxy) is 1. The Morgan fingerprint density at radius 1 is 1.81 bits per heavy atom. The van der Waals surface area contributed by atoms with Crippen molar-refractivity contribution in [3.63, 3.8) is 0 Å². The van der Waals surface area contributed by atoms with Gasteiger partial charge in [-0.2, -0.15) is 0 Å². The summed E-state index contributed by atoms with van der Waals surface area (Å²) in [5.74, 6) is 0. The summed E-state index contributed by atoms with van der Waals surface area (Å²) in [5.41, 5.74) is 0.978. The number of carbonyl (C=O) groups is 1. The largest absolute Gasteiger partial charge is 0.450 e. The summed E-state index contributed by atoms with van der Waals surface area (Å²) >= 11 is 0. The predicted molar refractivity (Wildman–Crippen MR) is 59.9 cm³/mol. The predicted octanol–water partition coefficient (Wildman–Crippen LogP) is 2.38. The molecule has 0 radical (unpaired) electrons. The first-order valence-corrected chi connectivity index (χ1v) is 5.58. The topological polar surface area (TPSA) is 42.4 Å². The number of likely N-dealkylation sites (tertiary alicyclic amines) is 1. The zero-order valence-corrected chi connectivity index (χ0v) is 9.35. The molecule has 1 fully saturated rings. The first kappa shape index (κ1) is 9.63. The third-order valence-electron chi connectivity index (χ3n) is 2.78. The van der Waals surface area contributed by atoms with Crippen LogP contribution in [0.3, 0.4) is 0 Å². The maximum absolute atomic E-state index is 11.7. The quantitative estimate of drug-likeness (QED) is 0.770. The van der Waals surface area contributed by atoms with Gasteiger partial charge in [-0.05, 0) is 31.4 Å². The van der Waals surface area contributed by atoms with Crippen LogP contribution in [0.1, 0.15) is 32.7 Å². The Morgan fingerprint density at radius 2 is 2.69 bits per heavy atom. The number of nitrogens with zero attached hydrogens (tertiary/aromatic N) is 2. The van der Waals surface area contributed by atoms with Crippen LogP contribution in [-0.4, -0.2) is 29.1 Å². The molecule has 0 N–H and O–H groups in total. The summed E-state index contributed by atoms with van der Waals surface area (Å²) in [6, 6.07) is 3.55. The maximum Gasteiger partial charge on any atom is 0.410 e. The van der Waals surface area contributed by atoms with Crippen LogP contribution >= 0.6 is 0 Å². The minimum Gasteiger partial charge on any atom is -0.450 e. The second kappa shape index (κ2) is 4.96. The van der Waals surface area contributed by atoms with Crippen molar-refractivity contribution in [2.24, 2.45) is 0 Å². The molecule has 1 aliphatic rings. The third-order valence-corrected chi connectivity index (χ3v) is 2.78. The van der Waals surface area contributed by atoms with E-state index in [1.165, 1.54) is 0 Å². The molecule has 0 bridgehead atoms. The summed E-state index contributed by atoms with van der Waals surface area (Å²) < 4.78 is 12.4. The molecule has 86 valence electrons. The van der Waals surface area contributed by atoms with Gasteiger partial charge in [0, 0.05) is 18.9 Å². The molecule has 1 aliphatic heterocycles. The zero-order valence-electron chi connectivity index (χ0n) is 10.3. The molecule has 0 aromatic carbocycles. The highest BCUT2D eigenvalue weighted by atomic mass is 16.6. The van der Waals surface area contributed by atoms with E-state index in [-0.39, 0.29) is 18.3 Å². The minimum absolute atomic E-state index is 0.0437. The molecule has 2 heterocycles. The summed E-state index contributed by atoms with van der Waals surface area (Å²) in [4.78, 5) is 17.4. The number of hydrogen-bond acceptors (Lipinski definition) is 3. The van der Waals surface area contributed by atoms with Gasteiger partial charge in [0.15, 0.2) is 0 Å². The van der Waals surface area contributed by atoms with Crippen LogP contribution in [0.2, 0.25) is 0 Å². The van der Waals surface area contributed by atoms with Gasteiger partial charge in [0.05, 0.1) is 14.0 Å². The molecule has 4 heteroatoms. The van der Waals surface area contributed by atoms with Crippen molar-refractivity contribution in [2.45, 2.75) is 25.8 Å². The number of rotatable bonds is 2. The Balaban J connectivity index is 2.14. The van der Waals surface area contributed by atoms with Crippen molar-refractivity contribution in [3.8, 4) is 0 Å². The van der Waals surface area contributed by atoms with Gasteiger partial charge in [0.1, 0.15) is 0 Å². The van der Waals surface area contributed by atoms with E-state index < -0.39 is 0 Å². The van der Waals surface area contributed by atoms with Gasteiger partial charge in [-0.3, -0.25) is 4.98 Å². The highest BCUT2D eigenvalue weighted by molar-refractivity contribution is 5.68. The molecule has 1 saturated heterocycles. The minimum atomic E-state index is -0.259. The van der Waals surface area contributed by atoms with E-state index in [1.807, 2.05) is 6.07 Å². The Hall–Kier alpha value is -1.58. The lowest BCUT2D eigenvalue weighted by Crippen LogP contribution is -2.31. The van der Waals surface area contributed by atoms with E-state index in [4.69, 9.17) is 6.11 Å². The van der Waals surface area contributed by atoms with E-state index in [2.05, 4.69) is 4.98 Å². The lowest BCUT2D eigenvalue weighted by Gasteiger charge is -2.23. The third kappa shape index (κ3) is 2.15. The van der Waals surface area contributed by atoms with Crippen molar-refractivity contribution in [1.29, 1.82) is 0 Å². The van der Waals surface area contributed by atoms with Crippen LogP contribution in [0.15, 0.2) is 24.5 Å². The number of pyridine rings is 1. The number of amides is 1. The molecular formula is C12H16N2O2. The van der Waals surface area contributed by atoms with Crippen LogP contribution in [0.25, 0.3) is 0 Å². The van der Waals surface area contributed by atoms with Gasteiger partial charge >= 0.3 is 6.09 Å². The van der Waals surface area contributed by atoms with E-state index >= 15 is 0 Å². The fraction of sp³-hybridized carbons (Fsp3) is 0.500. The van der Waals surface area contributed by atoms with Crippen molar-refractivity contribution in [2.75, 3.05) is 13.2 Å². The fourth-order valence-electron chi connectivity index (χ4n) is 2.07. The van der Waals surface area contributed by atoms with Crippen LogP contribution in [0.5, 0.6) is 0 Å². The van der Waals surface area contributed by atoms with Crippen molar-refractivity contribution in [1.82, 2.24) is 9.88 Å². The molecule has 0 saturated carbocycles. The fourth-order valence-corrected chi connectivity index (χ4v) is 2.07. The molecule has 1 amide bonds. The second-order valence-electron chi connectivity index (χ2n) is 3.77. The molecule has 2 rings (SSSR count).